The molecule has 0 amide bonds. The molecule has 4 atom stereocenters. The lowest BCUT2D eigenvalue weighted by atomic mass is 9.77. The zero-order valence-corrected chi connectivity index (χ0v) is 14.0. The highest BCUT2D eigenvalue weighted by atomic mass is 32.1. The van der Waals surface area contributed by atoms with Crippen molar-refractivity contribution in [3.8, 4) is 0 Å². The average molecular weight is 308 g/mol. The molecule has 2 N–H and O–H groups in total. The molecule has 1 aromatic rings. The van der Waals surface area contributed by atoms with Gasteiger partial charge in [0, 0.05) is 36.1 Å². The zero-order valence-electron chi connectivity index (χ0n) is 13.2. The third-order valence-corrected chi connectivity index (χ3v) is 6.25. The van der Waals surface area contributed by atoms with Gasteiger partial charge in [-0.25, -0.2) is 4.98 Å². The van der Waals surface area contributed by atoms with E-state index in [1.54, 1.807) is 11.3 Å². The van der Waals surface area contributed by atoms with Crippen molar-refractivity contribution in [3.63, 3.8) is 0 Å². The minimum atomic E-state index is 0.534. The Morgan fingerprint density at radius 1 is 1.29 bits per heavy atom. The van der Waals surface area contributed by atoms with E-state index in [1.807, 2.05) is 6.20 Å². The predicted molar refractivity (Wildman–Crippen MR) is 89.9 cm³/mol. The number of piperidine rings is 1. The molecule has 1 aliphatic carbocycles. The van der Waals surface area contributed by atoms with Crippen LogP contribution in [0.5, 0.6) is 0 Å². The first-order chi connectivity index (χ1) is 10.3. The Balaban J connectivity index is 1.54. The summed E-state index contributed by atoms with van der Waals surface area (Å²) in [6, 6.07) is 1.46. The molecule has 118 valence electrons. The lowest BCUT2D eigenvalue weighted by Crippen LogP contribution is -2.51. The lowest BCUT2D eigenvalue weighted by Gasteiger charge is -2.40. The van der Waals surface area contributed by atoms with Gasteiger partial charge in [-0.15, -0.1) is 11.3 Å². The largest absolute Gasteiger partial charge is 0.314 e. The molecule has 3 rings (SSSR count). The molecule has 1 saturated carbocycles. The number of hydrogen-bond acceptors (Lipinski definition) is 4. The highest BCUT2D eigenvalue weighted by molar-refractivity contribution is 7.09. The molecule has 1 aromatic heterocycles. The van der Waals surface area contributed by atoms with Crippen LogP contribution in [-0.2, 0) is 0 Å². The van der Waals surface area contributed by atoms with E-state index < -0.39 is 0 Å². The van der Waals surface area contributed by atoms with Crippen LogP contribution < -0.4 is 10.6 Å². The molecule has 0 spiro atoms. The van der Waals surface area contributed by atoms with Gasteiger partial charge in [-0.3, -0.25) is 0 Å². The highest BCUT2D eigenvalue weighted by Gasteiger charge is 2.32. The van der Waals surface area contributed by atoms with Crippen molar-refractivity contribution in [1.29, 1.82) is 0 Å². The SMILES string of the molecule is CC(CNC1CCCCC1C1CCCCN1)c1nccs1. The summed E-state index contributed by atoms with van der Waals surface area (Å²) in [6.07, 6.45) is 11.7. The highest BCUT2D eigenvalue weighted by Crippen LogP contribution is 2.31. The van der Waals surface area contributed by atoms with Crippen molar-refractivity contribution in [2.75, 3.05) is 13.1 Å². The molecule has 4 unspecified atom stereocenters. The summed E-state index contributed by atoms with van der Waals surface area (Å²) in [5.74, 6) is 1.37. The van der Waals surface area contributed by atoms with Gasteiger partial charge >= 0.3 is 0 Å². The molecule has 0 aromatic carbocycles. The van der Waals surface area contributed by atoms with E-state index in [0.717, 1.165) is 18.5 Å². The minimum absolute atomic E-state index is 0.534. The molecule has 1 aliphatic heterocycles. The van der Waals surface area contributed by atoms with Gasteiger partial charge in [-0.05, 0) is 38.1 Å². The molecule has 1 saturated heterocycles. The van der Waals surface area contributed by atoms with Crippen LogP contribution in [0.25, 0.3) is 0 Å². The van der Waals surface area contributed by atoms with Gasteiger partial charge in [-0.2, -0.15) is 0 Å². The van der Waals surface area contributed by atoms with Crippen molar-refractivity contribution in [3.05, 3.63) is 16.6 Å². The average Bonchev–Trinajstić information content (AvgIpc) is 3.08. The molecular weight excluding hydrogens is 278 g/mol. The van der Waals surface area contributed by atoms with Crippen LogP contribution in [0, 0.1) is 5.92 Å². The lowest BCUT2D eigenvalue weighted by molar-refractivity contribution is 0.181. The van der Waals surface area contributed by atoms with Crippen molar-refractivity contribution >= 4 is 11.3 Å². The summed E-state index contributed by atoms with van der Waals surface area (Å²) in [7, 11) is 0. The van der Waals surface area contributed by atoms with Crippen molar-refractivity contribution in [2.24, 2.45) is 5.92 Å². The van der Waals surface area contributed by atoms with Crippen molar-refractivity contribution < 1.29 is 0 Å². The van der Waals surface area contributed by atoms with Crippen molar-refractivity contribution in [2.45, 2.75) is 69.9 Å². The normalized spacial score (nSPS) is 32.0. The van der Waals surface area contributed by atoms with Crippen LogP contribution in [0.2, 0.25) is 0 Å². The fourth-order valence-electron chi connectivity index (χ4n) is 4.03. The van der Waals surface area contributed by atoms with Crippen LogP contribution in [0.3, 0.4) is 0 Å². The predicted octanol–water partition coefficient (Wildman–Crippen LogP) is 3.54. The second kappa shape index (κ2) is 7.70. The van der Waals surface area contributed by atoms with Gasteiger partial charge in [0.15, 0.2) is 0 Å². The number of hydrogen-bond donors (Lipinski definition) is 2. The van der Waals surface area contributed by atoms with Crippen LogP contribution >= 0.6 is 11.3 Å². The fourth-order valence-corrected chi connectivity index (χ4v) is 4.73. The third kappa shape index (κ3) is 4.05. The zero-order chi connectivity index (χ0) is 14.5. The minimum Gasteiger partial charge on any atom is -0.314 e. The van der Waals surface area contributed by atoms with Gasteiger partial charge in [0.1, 0.15) is 0 Å². The van der Waals surface area contributed by atoms with Crippen molar-refractivity contribution in [1.82, 2.24) is 15.6 Å². The number of rotatable bonds is 5. The maximum atomic E-state index is 4.45. The Bertz CT molecular complexity index is 400. The summed E-state index contributed by atoms with van der Waals surface area (Å²) < 4.78 is 0. The standard InChI is InChI=1S/C17H29N3S/c1-13(17-19-10-11-21-17)12-20-16-7-3-2-6-14(16)15-8-4-5-9-18-15/h10-11,13-16,18,20H,2-9,12H2,1H3. The molecule has 3 nitrogen and oxygen atoms in total. The Morgan fingerprint density at radius 3 is 2.90 bits per heavy atom. The van der Waals surface area contributed by atoms with Gasteiger partial charge in [0.25, 0.3) is 0 Å². The molecule has 2 aliphatic rings. The smallest absolute Gasteiger partial charge is 0.0965 e. The number of thiazole rings is 1. The van der Waals surface area contributed by atoms with E-state index in [2.05, 4.69) is 27.9 Å². The van der Waals surface area contributed by atoms with Crippen LogP contribution in [0.1, 0.15) is 62.8 Å². The molecular formula is C17H29N3S. The molecule has 0 radical (unpaired) electrons. The van der Waals surface area contributed by atoms with Gasteiger partial charge in [0.2, 0.25) is 0 Å². The van der Waals surface area contributed by atoms with E-state index in [9.17, 15) is 0 Å². The summed E-state index contributed by atoms with van der Waals surface area (Å²) in [6.45, 7) is 4.59. The maximum absolute atomic E-state index is 4.45. The Labute approximate surface area is 132 Å². The van der Waals surface area contributed by atoms with Gasteiger partial charge < -0.3 is 10.6 Å². The summed E-state index contributed by atoms with van der Waals surface area (Å²) in [5, 5.41) is 11.0. The van der Waals surface area contributed by atoms with E-state index in [0.29, 0.717) is 12.0 Å². The van der Waals surface area contributed by atoms with Crippen LogP contribution in [0.4, 0.5) is 0 Å². The number of nitrogens with zero attached hydrogens (tertiary/aromatic N) is 1. The van der Waals surface area contributed by atoms with E-state index in [4.69, 9.17) is 0 Å². The van der Waals surface area contributed by atoms with E-state index in [1.165, 1.54) is 56.5 Å². The summed E-state index contributed by atoms with van der Waals surface area (Å²) in [4.78, 5) is 4.45. The van der Waals surface area contributed by atoms with E-state index >= 15 is 0 Å². The second-order valence-corrected chi connectivity index (χ2v) is 7.72. The Morgan fingerprint density at radius 2 is 2.14 bits per heavy atom. The number of aromatic nitrogens is 1. The molecule has 0 bridgehead atoms. The first kappa shape index (κ1) is 15.4. The quantitative estimate of drug-likeness (QED) is 0.873. The summed E-state index contributed by atoms with van der Waals surface area (Å²) >= 11 is 1.78. The molecule has 2 heterocycles. The van der Waals surface area contributed by atoms with E-state index in [-0.39, 0.29) is 0 Å². The molecule has 21 heavy (non-hydrogen) atoms. The van der Waals surface area contributed by atoms with Crippen LogP contribution in [0.15, 0.2) is 11.6 Å². The second-order valence-electron chi connectivity index (χ2n) is 6.79. The Hall–Kier alpha value is -0.450. The molecule has 4 heteroatoms. The topological polar surface area (TPSA) is 37.0 Å². The maximum Gasteiger partial charge on any atom is 0.0965 e. The third-order valence-electron chi connectivity index (χ3n) is 5.24. The molecule has 2 fully saturated rings. The Kier molecular flexibility index (Phi) is 5.67. The van der Waals surface area contributed by atoms with Gasteiger partial charge in [-0.1, -0.05) is 26.2 Å². The monoisotopic (exact) mass is 307 g/mol. The first-order valence-electron chi connectivity index (χ1n) is 8.71. The number of nitrogens with one attached hydrogen (secondary N) is 2. The first-order valence-corrected chi connectivity index (χ1v) is 9.58. The van der Waals surface area contributed by atoms with Gasteiger partial charge in [0.05, 0.1) is 5.01 Å². The van der Waals surface area contributed by atoms with Crippen LogP contribution in [-0.4, -0.2) is 30.2 Å². The fraction of sp³-hybridized carbons (Fsp3) is 0.824. The summed E-state index contributed by atoms with van der Waals surface area (Å²) in [5.41, 5.74) is 0.